The largest absolute Gasteiger partial charge is 0.447 e. The van der Waals surface area contributed by atoms with E-state index in [0.29, 0.717) is 19.7 Å². The van der Waals surface area contributed by atoms with Crippen LogP contribution in [0.1, 0.15) is 9.75 Å². The molecular weight excluding hydrogens is 280 g/mol. The van der Waals surface area contributed by atoms with Gasteiger partial charge >= 0.3 is 6.09 Å². The Bertz CT molecular complexity index is 488. The van der Waals surface area contributed by atoms with Gasteiger partial charge < -0.3 is 14.8 Å². The van der Waals surface area contributed by atoms with Gasteiger partial charge in [-0.15, -0.1) is 11.3 Å². The second-order valence-corrected chi connectivity index (χ2v) is 5.89. The van der Waals surface area contributed by atoms with E-state index in [-0.39, 0.29) is 12.5 Å². The first-order chi connectivity index (χ1) is 9.61. The number of carbonyl (C=O) groups is 2. The molecule has 1 aromatic heterocycles. The average molecular weight is 298 g/mol. The molecule has 1 fully saturated rings. The molecule has 1 aromatic rings. The summed E-state index contributed by atoms with van der Waals surface area (Å²) in [4.78, 5) is 27.4. The van der Waals surface area contributed by atoms with E-state index >= 15 is 0 Å². The number of nitrogens with zero attached hydrogens (tertiary/aromatic N) is 1. The van der Waals surface area contributed by atoms with Gasteiger partial charge in [-0.1, -0.05) is 0 Å². The van der Waals surface area contributed by atoms with E-state index in [9.17, 15) is 9.59 Å². The zero-order valence-electron chi connectivity index (χ0n) is 11.5. The number of cyclic esters (lactones) is 1. The Balaban J connectivity index is 1.97. The Kier molecular flexibility index (Phi) is 4.97. The number of carbonyl (C=O) groups excluding carboxylic acids is 2. The molecule has 2 rings (SSSR count). The number of thiophene rings is 1. The van der Waals surface area contributed by atoms with Crippen LogP contribution in [0.5, 0.6) is 0 Å². The van der Waals surface area contributed by atoms with Crippen LogP contribution in [0.2, 0.25) is 0 Å². The summed E-state index contributed by atoms with van der Waals surface area (Å²) in [6.07, 6.45) is -0.442. The quantitative estimate of drug-likeness (QED) is 0.800. The number of hydrogen-bond acceptors (Lipinski definition) is 5. The smallest absolute Gasteiger partial charge is 0.410 e. The molecule has 2 amide bonds. The Morgan fingerprint density at radius 1 is 1.60 bits per heavy atom. The molecule has 0 saturated carbocycles. The van der Waals surface area contributed by atoms with E-state index < -0.39 is 12.1 Å². The minimum absolute atomic E-state index is 0.0992. The van der Waals surface area contributed by atoms with Crippen LogP contribution in [-0.2, 0) is 20.8 Å². The van der Waals surface area contributed by atoms with Gasteiger partial charge in [0.05, 0.1) is 13.2 Å². The Hall–Kier alpha value is -1.60. The van der Waals surface area contributed by atoms with Crippen LogP contribution in [0.15, 0.2) is 12.1 Å². The molecule has 0 radical (unpaired) electrons. The van der Waals surface area contributed by atoms with Crippen molar-refractivity contribution in [2.75, 3.05) is 26.9 Å². The molecule has 1 aliphatic rings. The van der Waals surface area contributed by atoms with Gasteiger partial charge in [-0.05, 0) is 19.1 Å². The third-order valence-corrected chi connectivity index (χ3v) is 3.99. The van der Waals surface area contributed by atoms with Crippen molar-refractivity contribution in [1.29, 1.82) is 0 Å². The van der Waals surface area contributed by atoms with Crippen molar-refractivity contribution in [3.05, 3.63) is 21.9 Å². The fourth-order valence-electron chi connectivity index (χ4n) is 1.97. The maximum Gasteiger partial charge on any atom is 0.410 e. The van der Waals surface area contributed by atoms with Crippen LogP contribution in [0.3, 0.4) is 0 Å². The second-order valence-electron chi connectivity index (χ2n) is 4.52. The van der Waals surface area contributed by atoms with Gasteiger partial charge in [0.1, 0.15) is 12.6 Å². The number of methoxy groups -OCH3 is 1. The van der Waals surface area contributed by atoms with Gasteiger partial charge in [-0.2, -0.15) is 0 Å². The van der Waals surface area contributed by atoms with Crippen LogP contribution < -0.4 is 5.32 Å². The van der Waals surface area contributed by atoms with Crippen molar-refractivity contribution in [3.8, 4) is 0 Å². The van der Waals surface area contributed by atoms with E-state index in [4.69, 9.17) is 9.47 Å². The highest BCUT2D eigenvalue weighted by Crippen LogP contribution is 2.21. The molecule has 7 heteroatoms. The van der Waals surface area contributed by atoms with E-state index in [0.717, 1.165) is 4.88 Å². The predicted molar refractivity (Wildman–Crippen MR) is 74.6 cm³/mol. The molecule has 1 N–H and O–H groups in total. The van der Waals surface area contributed by atoms with Crippen molar-refractivity contribution in [1.82, 2.24) is 10.2 Å². The topological polar surface area (TPSA) is 67.9 Å². The number of ether oxygens (including phenoxy) is 2. The number of aryl methyl sites for hydroxylation is 1. The molecule has 1 aliphatic heterocycles. The first-order valence-electron chi connectivity index (χ1n) is 6.37. The summed E-state index contributed by atoms with van der Waals surface area (Å²) in [5.41, 5.74) is 0. The SMILES string of the molecule is COCCNC(=O)[C@@H]1COC(=O)N1Cc1ccc(C)s1. The summed E-state index contributed by atoms with van der Waals surface area (Å²) >= 11 is 1.61. The number of nitrogens with one attached hydrogen (secondary N) is 1. The van der Waals surface area contributed by atoms with E-state index in [1.165, 1.54) is 9.78 Å². The summed E-state index contributed by atoms with van der Waals surface area (Å²) in [6, 6.07) is 3.39. The van der Waals surface area contributed by atoms with Crippen LogP contribution >= 0.6 is 11.3 Å². The van der Waals surface area contributed by atoms with Gasteiger partial charge in [-0.25, -0.2) is 4.79 Å². The van der Waals surface area contributed by atoms with Crippen molar-refractivity contribution >= 4 is 23.3 Å². The molecule has 0 aromatic carbocycles. The monoisotopic (exact) mass is 298 g/mol. The van der Waals surface area contributed by atoms with Gasteiger partial charge in [0, 0.05) is 23.4 Å². The summed E-state index contributed by atoms with van der Waals surface area (Å²) in [6.45, 7) is 3.37. The lowest BCUT2D eigenvalue weighted by molar-refractivity contribution is -0.125. The highest BCUT2D eigenvalue weighted by Gasteiger charge is 2.38. The minimum atomic E-state index is -0.568. The lowest BCUT2D eigenvalue weighted by Crippen LogP contribution is -2.46. The van der Waals surface area contributed by atoms with Crippen molar-refractivity contribution in [3.63, 3.8) is 0 Å². The summed E-state index contributed by atoms with van der Waals surface area (Å²) < 4.78 is 9.86. The Morgan fingerprint density at radius 2 is 2.40 bits per heavy atom. The summed E-state index contributed by atoms with van der Waals surface area (Å²) in [5.74, 6) is -0.207. The molecule has 0 aliphatic carbocycles. The molecule has 110 valence electrons. The minimum Gasteiger partial charge on any atom is -0.447 e. The Labute approximate surface area is 121 Å². The zero-order valence-corrected chi connectivity index (χ0v) is 12.4. The molecule has 1 atom stereocenters. The number of rotatable bonds is 6. The van der Waals surface area contributed by atoms with Crippen LogP contribution in [0.4, 0.5) is 4.79 Å². The van der Waals surface area contributed by atoms with Crippen molar-refractivity contribution < 1.29 is 19.1 Å². The molecular formula is C13H18N2O4S. The van der Waals surface area contributed by atoms with Gasteiger partial charge in [0.25, 0.3) is 0 Å². The predicted octanol–water partition coefficient (Wildman–Crippen LogP) is 1.14. The first-order valence-corrected chi connectivity index (χ1v) is 7.19. The Morgan fingerprint density at radius 3 is 3.05 bits per heavy atom. The van der Waals surface area contributed by atoms with E-state index in [1.807, 2.05) is 19.1 Å². The van der Waals surface area contributed by atoms with Crippen molar-refractivity contribution in [2.24, 2.45) is 0 Å². The number of hydrogen-bond donors (Lipinski definition) is 1. The molecule has 0 unspecified atom stereocenters. The van der Waals surface area contributed by atoms with Crippen molar-refractivity contribution in [2.45, 2.75) is 19.5 Å². The average Bonchev–Trinajstić information content (AvgIpc) is 2.98. The normalized spacial score (nSPS) is 18.2. The van der Waals surface area contributed by atoms with E-state index in [1.54, 1.807) is 18.4 Å². The van der Waals surface area contributed by atoms with Gasteiger partial charge in [0.2, 0.25) is 5.91 Å². The highest BCUT2D eigenvalue weighted by molar-refractivity contribution is 7.11. The molecule has 0 bridgehead atoms. The van der Waals surface area contributed by atoms with Crippen LogP contribution in [-0.4, -0.2) is 49.8 Å². The molecule has 2 heterocycles. The van der Waals surface area contributed by atoms with Gasteiger partial charge in [0.15, 0.2) is 0 Å². The first kappa shape index (κ1) is 14.8. The zero-order chi connectivity index (χ0) is 14.5. The third-order valence-electron chi connectivity index (χ3n) is 3.01. The lowest BCUT2D eigenvalue weighted by Gasteiger charge is -2.20. The fourth-order valence-corrected chi connectivity index (χ4v) is 2.86. The van der Waals surface area contributed by atoms with Crippen LogP contribution in [0.25, 0.3) is 0 Å². The fraction of sp³-hybridized carbons (Fsp3) is 0.538. The maximum absolute atomic E-state index is 12.0. The lowest BCUT2D eigenvalue weighted by atomic mass is 10.2. The molecule has 20 heavy (non-hydrogen) atoms. The summed E-state index contributed by atoms with van der Waals surface area (Å²) in [7, 11) is 1.57. The second kappa shape index (κ2) is 6.71. The van der Waals surface area contributed by atoms with Crippen LogP contribution in [0, 0.1) is 6.92 Å². The standard InChI is InChI=1S/C13H18N2O4S/c1-9-3-4-10(20-9)7-15-11(8-19-13(15)17)12(16)14-5-6-18-2/h3-4,11H,5-8H2,1-2H3,(H,14,16)/t11-/m0/s1. The third kappa shape index (κ3) is 3.49. The number of amides is 2. The summed E-state index contributed by atoms with van der Waals surface area (Å²) in [5, 5.41) is 2.73. The molecule has 6 nitrogen and oxygen atoms in total. The molecule has 0 spiro atoms. The van der Waals surface area contributed by atoms with E-state index in [2.05, 4.69) is 5.32 Å². The van der Waals surface area contributed by atoms with Gasteiger partial charge in [-0.3, -0.25) is 9.69 Å². The highest BCUT2D eigenvalue weighted by atomic mass is 32.1. The maximum atomic E-state index is 12.0. The molecule has 1 saturated heterocycles.